The predicted octanol–water partition coefficient (Wildman–Crippen LogP) is 3.49. The Kier molecular flexibility index (Phi) is 8.73. The van der Waals surface area contributed by atoms with E-state index in [1.54, 1.807) is 0 Å². The van der Waals surface area contributed by atoms with Gasteiger partial charge in [-0.05, 0) is 25.1 Å². The van der Waals surface area contributed by atoms with Gasteiger partial charge in [-0.15, -0.1) is 0 Å². The van der Waals surface area contributed by atoms with Crippen LogP contribution in [-0.2, 0) is 14.3 Å². The molecule has 37 heavy (non-hydrogen) atoms. The maximum atomic E-state index is 14.8. The van der Waals surface area contributed by atoms with Gasteiger partial charge in [0, 0.05) is 36.4 Å². The van der Waals surface area contributed by atoms with E-state index in [-0.39, 0.29) is 30.2 Å². The molecule has 13 heteroatoms. The quantitative estimate of drug-likeness (QED) is 0.334. The van der Waals surface area contributed by atoms with Gasteiger partial charge in [-0.25, -0.2) is 4.39 Å². The highest BCUT2D eigenvalue weighted by atomic mass is 19.4. The van der Waals surface area contributed by atoms with Crippen LogP contribution in [-0.4, -0.2) is 65.9 Å². The molecule has 3 N–H and O–H groups in total. The van der Waals surface area contributed by atoms with E-state index < -0.39 is 65.7 Å². The summed E-state index contributed by atoms with van der Waals surface area (Å²) in [4.78, 5) is 17.1. The number of halogens is 5. The van der Waals surface area contributed by atoms with Crippen LogP contribution in [0, 0.1) is 17.6 Å². The smallest absolute Gasteiger partial charge is 0.417 e. The van der Waals surface area contributed by atoms with E-state index in [4.69, 9.17) is 19.3 Å². The number of benzene rings is 1. The third kappa shape index (κ3) is 5.69. The molecule has 0 saturated carbocycles. The van der Waals surface area contributed by atoms with E-state index in [0.29, 0.717) is 0 Å². The van der Waals surface area contributed by atoms with E-state index in [1.165, 1.54) is 32.4 Å². The first kappa shape index (κ1) is 28.7. The minimum atomic E-state index is -4.91. The number of anilines is 1. The summed E-state index contributed by atoms with van der Waals surface area (Å²) < 4.78 is 86.7. The summed E-state index contributed by atoms with van der Waals surface area (Å²) in [6.07, 6.45) is -6.84. The molecule has 0 radical (unpaired) electrons. The lowest BCUT2D eigenvalue weighted by atomic mass is 9.77. The molecule has 5 atom stereocenters. The Hall–Kier alpha value is -2.87. The van der Waals surface area contributed by atoms with Crippen LogP contribution in [0.5, 0.6) is 5.75 Å². The maximum absolute atomic E-state index is 14.8. The van der Waals surface area contributed by atoms with Crippen molar-refractivity contribution in [3.8, 4) is 5.75 Å². The number of carbonyl (C=O) groups is 1. The molecule has 1 aromatic heterocycles. The predicted molar refractivity (Wildman–Crippen MR) is 120 cm³/mol. The van der Waals surface area contributed by atoms with Crippen LogP contribution in [0.3, 0.4) is 0 Å². The molecular weight excluding hydrogens is 507 g/mol. The first-order chi connectivity index (χ1) is 17.4. The Bertz CT molecular complexity index is 1120. The summed E-state index contributed by atoms with van der Waals surface area (Å²) in [5.74, 6) is -7.18. The third-order valence-electron chi connectivity index (χ3n) is 6.46. The fourth-order valence-electron chi connectivity index (χ4n) is 4.22. The summed E-state index contributed by atoms with van der Waals surface area (Å²) >= 11 is 0. The minimum Gasteiger partial charge on any atom is -0.488 e. The van der Waals surface area contributed by atoms with Crippen LogP contribution in [0.2, 0.25) is 0 Å². The van der Waals surface area contributed by atoms with Gasteiger partial charge < -0.3 is 29.7 Å². The summed E-state index contributed by atoms with van der Waals surface area (Å²) in [5.41, 5.74) is -2.93. The van der Waals surface area contributed by atoms with Gasteiger partial charge in [0.2, 0.25) is 5.82 Å². The minimum absolute atomic E-state index is 0.00660. The molecule has 3 rings (SSSR count). The van der Waals surface area contributed by atoms with Crippen molar-refractivity contribution >= 4 is 11.6 Å². The molecular formula is C24H27F5N2O6. The second-order valence-electron chi connectivity index (χ2n) is 8.74. The van der Waals surface area contributed by atoms with Gasteiger partial charge in [0.15, 0.2) is 17.2 Å². The van der Waals surface area contributed by atoms with E-state index in [1.807, 2.05) is 0 Å². The second kappa shape index (κ2) is 11.3. The molecule has 1 aromatic carbocycles. The van der Waals surface area contributed by atoms with Gasteiger partial charge in [0.05, 0.1) is 18.9 Å². The highest BCUT2D eigenvalue weighted by Crippen LogP contribution is 2.55. The molecule has 1 saturated heterocycles. The topological polar surface area (TPSA) is 110 Å². The Labute approximate surface area is 209 Å². The first-order valence-corrected chi connectivity index (χ1v) is 11.3. The van der Waals surface area contributed by atoms with Gasteiger partial charge >= 0.3 is 6.18 Å². The van der Waals surface area contributed by atoms with E-state index >= 15 is 0 Å². The zero-order chi connectivity index (χ0) is 27.5. The molecule has 0 aliphatic carbocycles. The number of nitrogens with one attached hydrogen (secondary N) is 1. The van der Waals surface area contributed by atoms with E-state index in [0.717, 1.165) is 19.1 Å². The normalized spacial score (nSPS) is 24.6. The number of aromatic nitrogens is 1. The molecule has 1 aliphatic heterocycles. The fourth-order valence-corrected chi connectivity index (χ4v) is 4.22. The monoisotopic (exact) mass is 534 g/mol. The molecule has 2 heterocycles. The van der Waals surface area contributed by atoms with Crippen LogP contribution in [0.1, 0.15) is 37.1 Å². The van der Waals surface area contributed by atoms with Gasteiger partial charge in [0.25, 0.3) is 5.91 Å². The maximum Gasteiger partial charge on any atom is 0.417 e. The highest BCUT2D eigenvalue weighted by molar-refractivity contribution is 5.95. The Morgan fingerprint density at radius 1 is 1.27 bits per heavy atom. The van der Waals surface area contributed by atoms with Crippen molar-refractivity contribution < 1.29 is 51.2 Å². The number of aliphatic hydroxyl groups is 2. The highest BCUT2D eigenvalue weighted by Gasteiger charge is 2.66. The molecule has 1 aliphatic rings. The Morgan fingerprint density at radius 2 is 1.97 bits per heavy atom. The summed E-state index contributed by atoms with van der Waals surface area (Å²) in [5, 5.41) is 21.3. The van der Waals surface area contributed by atoms with Crippen LogP contribution in [0.25, 0.3) is 0 Å². The number of hydrogen-bond donors (Lipinski definition) is 3. The lowest BCUT2D eigenvalue weighted by molar-refractivity contribution is -0.272. The number of aliphatic hydroxyl groups excluding tert-OH is 2. The van der Waals surface area contributed by atoms with Crippen molar-refractivity contribution in [3.63, 3.8) is 0 Å². The number of carbonyl (C=O) groups excluding carboxylic acids is 1. The zero-order valence-corrected chi connectivity index (χ0v) is 20.2. The summed E-state index contributed by atoms with van der Waals surface area (Å²) in [6.45, 7) is 1.09. The van der Waals surface area contributed by atoms with Crippen LogP contribution in [0.4, 0.5) is 27.6 Å². The number of hydrogen-bond acceptors (Lipinski definition) is 7. The van der Waals surface area contributed by atoms with Crippen molar-refractivity contribution in [2.75, 3.05) is 32.2 Å². The SMILES string of the molecule is COCCOc1c([C@H]2[C@H](C(=O)Nc3ccnc([C@@H](O)CO)c3)O[C@@](C)(C(F)(F)F)[C@H]2C)ccc(F)c1F. The molecule has 1 fully saturated rings. The first-order valence-electron chi connectivity index (χ1n) is 11.3. The van der Waals surface area contributed by atoms with Crippen LogP contribution >= 0.6 is 0 Å². The van der Waals surface area contributed by atoms with Gasteiger partial charge in [0.1, 0.15) is 18.8 Å². The molecule has 0 unspecified atom stereocenters. The van der Waals surface area contributed by atoms with Gasteiger partial charge in [-0.1, -0.05) is 13.0 Å². The number of ether oxygens (including phenoxy) is 3. The molecule has 2 aromatic rings. The average molecular weight is 534 g/mol. The van der Waals surface area contributed by atoms with Gasteiger partial charge in [-0.3, -0.25) is 9.78 Å². The standard InChI is InChI=1S/C24H27F5N2O6/c1-12-18(14-4-5-15(25)19(26)20(14)36-9-8-35-3)21(37-23(12,2)24(27,28)29)22(34)31-13-6-7-30-16(10-13)17(33)11-32/h4-7,10,12,17-18,21,32-33H,8-9,11H2,1-3H3,(H,30,31,34)/t12-,17-,18-,21+,23+/m0/s1. The number of rotatable bonds is 9. The largest absolute Gasteiger partial charge is 0.488 e. The van der Waals surface area contributed by atoms with Crippen molar-refractivity contribution in [3.05, 3.63) is 53.4 Å². The van der Waals surface area contributed by atoms with Crippen LogP contribution < -0.4 is 10.1 Å². The lowest BCUT2D eigenvalue weighted by Crippen LogP contribution is -2.47. The molecule has 0 spiro atoms. The van der Waals surface area contributed by atoms with Crippen molar-refractivity contribution in [2.45, 2.75) is 43.8 Å². The van der Waals surface area contributed by atoms with Crippen molar-refractivity contribution in [1.82, 2.24) is 4.98 Å². The second-order valence-corrected chi connectivity index (χ2v) is 8.74. The average Bonchev–Trinajstić information content (AvgIpc) is 3.13. The summed E-state index contributed by atoms with van der Waals surface area (Å²) in [7, 11) is 1.35. The van der Waals surface area contributed by atoms with Crippen molar-refractivity contribution in [1.29, 1.82) is 0 Å². The molecule has 204 valence electrons. The van der Waals surface area contributed by atoms with Crippen molar-refractivity contribution in [2.24, 2.45) is 5.92 Å². The van der Waals surface area contributed by atoms with Crippen LogP contribution in [0.15, 0.2) is 30.5 Å². The molecule has 0 bridgehead atoms. The Balaban J connectivity index is 2.05. The Morgan fingerprint density at radius 3 is 2.59 bits per heavy atom. The number of alkyl halides is 3. The third-order valence-corrected chi connectivity index (χ3v) is 6.46. The number of pyridine rings is 1. The number of amides is 1. The summed E-state index contributed by atoms with van der Waals surface area (Å²) in [6, 6.07) is 4.35. The number of methoxy groups -OCH3 is 1. The number of nitrogens with zero attached hydrogens (tertiary/aromatic N) is 1. The van der Waals surface area contributed by atoms with E-state index in [2.05, 4.69) is 10.3 Å². The fraction of sp³-hybridized carbons (Fsp3) is 0.500. The molecule has 8 nitrogen and oxygen atoms in total. The zero-order valence-electron chi connectivity index (χ0n) is 20.2. The van der Waals surface area contributed by atoms with Gasteiger partial charge in [-0.2, -0.15) is 17.6 Å². The lowest BCUT2D eigenvalue weighted by Gasteiger charge is -2.32. The van der Waals surface area contributed by atoms with E-state index in [9.17, 15) is 31.9 Å². The molecule has 1 amide bonds.